The Morgan fingerprint density at radius 1 is 1.09 bits per heavy atom. The van der Waals surface area contributed by atoms with Crippen molar-refractivity contribution in [3.8, 4) is 0 Å². The number of pyridine rings is 1. The molecule has 1 aliphatic carbocycles. The molecule has 184 valence electrons. The summed E-state index contributed by atoms with van der Waals surface area (Å²) >= 11 is 0. The van der Waals surface area contributed by atoms with Crippen LogP contribution in [0.2, 0.25) is 0 Å². The molecule has 2 atom stereocenters. The van der Waals surface area contributed by atoms with E-state index < -0.39 is 25.8 Å². The number of piperidine rings is 1. The number of hydrogen-bond donors (Lipinski definition) is 1. The van der Waals surface area contributed by atoms with Crippen LogP contribution in [0, 0.1) is 17.8 Å². The topological polar surface area (TPSA) is 131 Å². The van der Waals surface area contributed by atoms with Gasteiger partial charge in [0.25, 0.3) is 10.0 Å². The molecule has 2 unspecified atom stereocenters. The van der Waals surface area contributed by atoms with E-state index in [2.05, 4.69) is 4.98 Å². The summed E-state index contributed by atoms with van der Waals surface area (Å²) in [6.45, 7) is 1.06. The second-order valence-electron chi connectivity index (χ2n) is 9.60. The zero-order chi connectivity index (χ0) is 23.6. The van der Waals surface area contributed by atoms with E-state index in [0.29, 0.717) is 24.4 Å². The molecule has 3 aliphatic rings. The van der Waals surface area contributed by atoms with Crippen LogP contribution in [0.1, 0.15) is 44.1 Å². The number of amides is 1. The molecule has 0 radical (unpaired) electrons. The van der Waals surface area contributed by atoms with Crippen molar-refractivity contribution >= 4 is 25.8 Å². The van der Waals surface area contributed by atoms with Gasteiger partial charge in [-0.3, -0.25) is 4.79 Å². The third kappa shape index (κ3) is 5.58. The molecule has 1 aromatic rings. The summed E-state index contributed by atoms with van der Waals surface area (Å²) in [4.78, 5) is 19.1. The van der Waals surface area contributed by atoms with Crippen LogP contribution in [0.15, 0.2) is 23.4 Å². The van der Waals surface area contributed by atoms with Gasteiger partial charge in [0.15, 0.2) is 14.9 Å². The summed E-state index contributed by atoms with van der Waals surface area (Å²) in [7, 11) is -6.99. The lowest BCUT2D eigenvalue weighted by atomic mass is 9.74. The first-order chi connectivity index (χ1) is 15.7. The molecular formula is C22H34N4O5S2. The minimum Gasteiger partial charge on any atom is -0.340 e. The van der Waals surface area contributed by atoms with Crippen molar-refractivity contribution in [2.24, 2.45) is 23.5 Å². The Morgan fingerprint density at radius 3 is 2.45 bits per heavy atom. The van der Waals surface area contributed by atoms with Gasteiger partial charge in [0.2, 0.25) is 5.91 Å². The van der Waals surface area contributed by atoms with E-state index in [0.717, 1.165) is 25.7 Å². The molecule has 4 rings (SSSR count). The maximum absolute atomic E-state index is 13.5. The molecule has 1 amide bonds. The fourth-order valence-electron chi connectivity index (χ4n) is 5.46. The molecule has 1 aromatic heterocycles. The molecule has 0 bridgehead atoms. The molecule has 1 saturated carbocycles. The van der Waals surface area contributed by atoms with E-state index in [9.17, 15) is 21.6 Å². The van der Waals surface area contributed by atoms with Crippen molar-refractivity contribution in [1.82, 2.24) is 14.2 Å². The Hall–Kier alpha value is -1.56. The van der Waals surface area contributed by atoms with Gasteiger partial charge in [-0.25, -0.2) is 21.8 Å². The monoisotopic (exact) mass is 498 g/mol. The lowest BCUT2D eigenvalue weighted by molar-refractivity contribution is -0.137. The summed E-state index contributed by atoms with van der Waals surface area (Å²) in [5.41, 5.74) is 6.38. The highest BCUT2D eigenvalue weighted by molar-refractivity contribution is 7.91. The van der Waals surface area contributed by atoms with E-state index in [1.165, 1.54) is 23.0 Å². The fourth-order valence-corrected chi connectivity index (χ4v) is 8.18. The van der Waals surface area contributed by atoms with Crippen LogP contribution in [0.4, 0.5) is 0 Å². The standard InChI is InChI=1S/C22H34N4O5S2/c23-14-17-6-7-24-21(12-17)33(30,31)26-15-19(18-4-2-1-3-5-18)13-20(16-26)22(27)25-8-10-32(28,29)11-9-25/h6-7,12,18-20H,1-5,8-11,13-16,23H2. The number of nitrogens with zero attached hydrogens (tertiary/aromatic N) is 3. The van der Waals surface area contributed by atoms with Crippen LogP contribution >= 0.6 is 0 Å². The third-order valence-electron chi connectivity index (χ3n) is 7.41. The molecule has 3 fully saturated rings. The minimum atomic E-state index is -3.88. The molecule has 33 heavy (non-hydrogen) atoms. The molecule has 9 nitrogen and oxygen atoms in total. The number of aromatic nitrogens is 1. The Kier molecular flexibility index (Phi) is 7.42. The Balaban J connectivity index is 1.58. The van der Waals surface area contributed by atoms with E-state index in [1.807, 2.05) is 0 Å². The highest BCUT2D eigenvalue weighted by Crippen LogP contribution is 2.38. The van der Waals surface area contributed by atoms with Gasteiger partial charge >= 0.3 is 0 Å². The third-order valence-corrected chi connectivity index (χ3v) is 10.7. The Labute approximate surface area is 196 Å². The summed E-state index contributed by atoms with van der Waals surface area (Å²) in [5, 5.41) is -0.0370. The number of nitrogens with two attached hydrogens (primary N) is 1. The van der Waals surface area contributed by atoms with Gasteiger partial charge in [-0.2, -0.15) is 4.31 Å². The van der Waals surface area contributed by atoms with Crippen molar-refractivity contribution in [2.45, 2.75) is 50.1 Å². The maximum atomic E-state index is 13.5. The molecule has 0 spiro atoms. The molecule has 3 heterocycles. The summed E-state index contributed by atoms with van der Waals surface area (Å²) in [6.07, 6.45) is 7.69. The van der Waals surface area contributed by atoms with Crippen molar-refractivity contribution < 1.29 is 21.6 Å². The van der Waals surface area contributed by atoms with Crippen molar-refractivity contribution in [1.29, 1.82) is 0 Å². The second kappa shape index (κ2) is 9.97. The number of carbonyl (C=O) groups excluding carboxylic acids is 1. The first kappa shape index (κ1) is 24.6. The number of sulfone groups is 1. The first-order valence-electron chi connectivity index (χ1n) is 11.8. The Bertz CT molecular complexity index is 1060. The minimum absolute atomic E-state index is 0.0324. The average molecular weight is 499 g/mol. The maximum Gasteiger partial charge on any atom is 0.260 e. The number of rotatable bonds is 5. The van der Waals surface area contributed by atoms with E-state index >= 15 is 0 Å². The van der Waals surface area contributed by atoms with Crippen LogP contribution in [-0.4, -0.2) is 74.6 Å². The van der Waals surface area contributed by atoms with Gasteiger partial charge in [-0.05, 0) is 36.0 Å². The predicted molar refractivity (Wildman–Crippen MR) is 124 cm³/mol. The van der Waals surface area contributed by atoms with Gasteiger partial charge < -0.3 is 10.6 Å². The highest BCUT2D eigenvalue weighted by atomic mass is 32.2. The lowest BCUT2D eigenvalue weighted by Crippen LogP contribution is -2.53. The SMILES string of the molecule is NCc1ccnc(S(=O)(=O)N2CC(C(=O)N3CCS(=O)(=O)CC3)CC(C3CCCCC3)C2)c1. The van der Waals surface area contributed by atoms with Gasteiger partial charge in [-0.15, -0.1) is 0 Å². The van der Waals surface area contributed by atoms with Gasteiger partial charge in [0.1, 0.15) is 0 Å². The average Bonchev–Trinajstić information content (AvgIpc) is 2.84. The van der Waals surface area contributed by atoms with Crippen LogP contribution in [0.25, 0.3) is 0 Å². The van der Waals surface area contributed by atoms with E-state index in [-0.39, 0.29) is 54.5 Å². The highest BCUT2D eigenvalue weighted by Gasteiger charge is 2.42. The predicted octanol–water partition coefficient (Wildman–Crippen LogP) is 1.00. The summed E-state index contributed by atoms with van der Waals surface area (Å²) in [5.74, 6) is -0.163. The van der Waals surface area contributed by atoms with Crippen LogP contribution in [0.3, 0.4) is 0 Å². The number of hydrogen-bond acceptors (Lipinski definition) is 7. The van der Waals surface area contributed by atoms with Crippen LogP contribution in [-0.2, 0) is 31.2 Å². The Morgan fingerprint density at radius 2 is 1.79 bits per heavy atom. The zero-order valence-corrected chi connectivity index (χ0v) is 20.6. The molecule has 2 saturated heterocycles. The smallest absolute Gasteiger partial charge is 0.260 e. The van der Waals surface area contributed by atoms with Crippen LogP contribution < -0.4 is 5.73 Å². The van der Waals surface area contributed by atoms with Gasteiger partial charge in [0.05, 0.1) is 17.4 Å². The molecule has 2 aliphatic heterocycles. The van der Waals surface area contributed by atoms with E-state index in [4.69, 9.17) is 5.73 Å². The van der Waals surface area contributed by atoms with Crippen molar-refractivity contribution in [3.63, 3.8) is 0 Å². The summed E-state index contributed by atoms with van der Waals surface area (Å²) in [6, 6.07) is 3.20. The van der Waals surface area contributed by atoms with Crippen LogP contribution in [0.5, 0.6) is 0 Å². The molecule has 0 aromatic carbocycles. The largest absolute Gasteiger partial charge is 0.340 e. The fraction of sp³-hybridized carbons (Fsp3) is 0.727. The molecular weight excluding hydrogens is 464 g/mol. The lowest BCUT2D eigenvalue weighted by Gasteiger charge is -2.42. The molecule has 2 N–H and O–H groups in total. The second-order valence-corrected chi connectivity index (χ2v) is 13.8. The summed E-state index contributed by atoms with van der Waals surface area (Å²) < 4.78 is 52.1. The van der Waals surface area contributed by atoms with Crippen molar-refractivity contribution in [2.75, 3.05) is 37.7 Å². The number of sulfonamides is 1. The zero-order valence-electron chi connectivity index (χ0n) is 18.9. The van der Waals surface area contributed by atoms with Crippen molar-refractivity contribution in [3.05, 3.63) is 23.9 Å². The quantitative estimate of drug-likeness (QED) is 0.641. The number of carbonyl (C=O) groups is 1. The first-order valence-corrected chi connectivity index (χ1v) is 15.1. The molecule has 11 heteroatoms. The van der Waals surface area contributed by atoms with Gasteiger partial charge in [-0.1, -0.05) is 32.1 Å². The van der Waals surface area contributed by atoms with Gasteiger partial charge in [0, 0.05) is 38.9 Å². The normalized spacial score (nSPS) is 27.4. The van der Waals surface area contributed by atoms with E-state index in [1.54, 1.807) is 11.0 Å².